The van der Waals surface area contributed by atoms with E-state index in [2.05, 4.69) is 11.0 Å². The van der Waals surface area contributed by atoms with Crippen LogP contribution in [0, 0.1) is 17.1 Å². The van der Waals surface area contributed by atoms with Crippen LogP contribution in [0.2, 0.25) is 0 Å². The highest BCUT2D eigenvalue weighted by molar-refractivity contribution is 5.94. The van der Waals surface area contributed by atoms with E-state index >= 15 is 0 Å². The molecule has 0 aliphatic carbocycles. The zero-order valence-electron chi connectivity index (χ0n) is 17.7. The molecule has 32 heavy (non-hydrogen) atoms. The lowest BCUT2D eigenvalue weighted by Gasteiger charge is -2.34. The lowest BCUT2D eigenvalue weighted by molar-refractivity contribution is 0.0628. The molecule has 0 radical (unpaired) electrons. The third kappa shape index (κ3) is 5.51. The van der Waals surface area contributed by atoms with E-state index in [1.807, 2.05) is 41.3 Å². The summed E-state index contributed by atoms with van der Waals surface area (Å²) in [7, 11) is 0. The number of rotatable bonds is 6. The number of nitriles is 1. The summed E-state index contributed by atoms with van der Waals surface area (Å²) in [6.45, 7) is 4.04. The summed E-state index contributed by atoms with van der Waals surface area (Å²) in [6.07, 6.45) is 0. The van der Waals surface area contributed by atoms with E-state index < -0.39 is 0 Å². The summed E-state index contributed by atoms with van der Waals surface area (Å²) in [5, 5.41) is 8.92. The highest BCUT2D eigenvalue weighted by Gasteiger charge is 2.22. The first kappa shape index (κ1) is 21.5. The number of hydrogen-bond donors (Lipinski definition) is 0. The van der Waals surface area contributed by atoms with Crippen molar-refractivity contribution in [1.29, 1.82) is 5.26 Å². The number of piperazine rings is 1. The molecule has 0 bridgehead atoms. The Hall–Kier alpha value is -3.69. The van der Waals surface area contributed by atoms with E-state index in [0.29, 0.717) is 36.6 Å². The van der Waals surface area contributed by atoms with Crippen LogP contribution in [0.4, 0.5) is 4.39 Å². The number of benzene rings is 3. The predicted molar refractivity (Wildman–Crippen MR) is 120 cm³/mol. The first-order chi connectivity index (χ1) is 15.6. The lowest BCUT2D eigenvalue weighted by Crippen LogP contribution is -2.48. The molecule has 0 N–H and O–H groups in total. The van der Waals surface area contributed by atoms with Crippen LogP contribution in [0.15, 0.2) is 72.8 Å². The highest BCUT2D eigenvalue weighted by Crippen LogP contribution is 2.18. The van der Waals surface area contributed by atoms with Gasteiger partial charge in [-0.05, 0) is 53.6 Å². The molecule has 0 aromatic heterocycles. The smallest absolute Gasteiger partial charge is 0.254 e. The summed E-state index contributed by atoms with van der Waals surface area (Å²) >= 11 is 0. The first-order valence-electron chi connectivity index (χ1n) is 10.6. The van der Waals surface area contributed by atoms with Gasteiger partial charge in [0.05, 0.1) is 11.6 Å². The molecule has 0 spiro atoms. The Morgan fingerprint density at radius 1 is 0.938 bits per heavy atom. The Morgan fingerprint density at radius 2 is 1.62 bits per heavy atom. The van der Waals surface area contributed by atoms with Gasteiger partial charge in [-0.25, -0.2) is 4.39 Å². The lowest BCUT2D eigenvalue weighted by atomic mass is 10.1. The minimum atomic E-state index is -0.279. The summed E-state index contributed by atoms with van der Waals surface area (Å²) in [4.78, 5) is 17.2. The van der Waals surface area contributed by atoms with Gasteiger partial charge < -0.3 is 9.64 Å². The standard InChI is InChI=1S/C26H24FN3O2/c27-24-10-8-22(9-11-24)19-32-25-3-1-2-23(16-25)26(31)30-14-12-29(13-15-30)18-21-6-4-20(17-28)5-7-21/h1-11,16H,12-15,18-19H2. The van der Waals surface area contributed by atoms with Gasteiger partial charge in [-0.2, -0.15) is 5.26 Å². The number of hydrogen-bond acceptors (Lipinski definition) is 4. The topological polar surface area (TPSA) is 56.6 Å². The van der Waals surface area contributed by atoms with Crippen molar-refractivity contribution in [2.45, 2.75) is 13.2 Å². The first-order valence-corrected chi connectivity index (χ1v) is 10.6. The summed E-state index contributed by atoms with van der Waals surface area (Å²) < 4.78 is 18.8. The van der Waals surface area contributed by atoms with Crippen molar-refractivity contribution in [2.75, 3.05) is 26.2 Å². The Labute approximate surface area is 187 Å². The molecule has 3 aromatic carbocycles. The minimum Gasteiger partial charge on any atom is -0.489 e. The number of amides is 1. The largest absolute Gasteiger partial charge is 0.489 e. The number of halogens is 1. The van der Waals surface area contributed by atoms with Crippen molar-refractivity contribution in [1.82, 2.24) is 9.80 Å². The van der Waals surface area contributed by atoms with Crippen molar-refractivity contribution < 1.29 is 13.9 Å². The fraction of sp³-hybridized carbons (Fsp3) is 0.231. The van der Waals surface area contributed by atoms with Crippen molar-refractivity contribution in [3.8, 4) is 11.8 Å². The molecule has 6 heteroatoms. The molecule has 1 amide bonds. The Bertz CT molecular complexity index is 1100. The van der Waals surface area contributed by atoms with Gasteiger partial charge in [0, 0.05) is 38.3 Å². The van der Waals surface area contributed by atoms with Gasteiger partial charge >= 0.3 is 0 Å². The monoisotopic (exact) mass is 429 g/mol. The van der Waals surface area contributed by atoms with Crippen LogP contribution < -0.4 is 4.74 Å². The third-order valence-electron chi connectivity index (χ3n) is 5.55. The number of carbonyl (C=O) groups is 1. The van der Waals surface area contributed by atoms with Gasteiger partial charge in [0.2, 0.25) is 0 Å². The van der Waals surface area contributed by atoms with Gasteiger partial charge in [-0.1, -0.05) is 30.3 Å². The molecule has 1 aliphatic heterocycles. The third-order valence-corrected chi connectivity index (χ3v) is 5.55. The van der Waals surface area contributed by atoms with Crippen LogP contribution in [-0.4, -0.2) is 41.9 Å². The Kier molecular flexibility index (Phi) is 6.78. The summed E-state index contributed by atoms with van der Waals surface area (Å²) in [6, 6.07) is 23.1. The average Bonchev–Trinajstić information content (AvgIpc) is 2.84. The SMILES string of the molecule is N#Cc1ccc(CN2CCN(C(=O)c3cccc(OCc4ccc(F)cc4)c3)CC2)cc1. The van der Waals surface area contributed by atoms with Crippen LogP contribution >= 0.6 is 0 Å². The summed E-state index contributed by atoms with van der Waals surface area (Å²) in [5.41, 5.74) is 3.28. The molecule has 162 valence electrons. The number of nitrogens with zero attached hydrogens (tertiary/aromatic N) is 3. The van der Waals surface area contributed by atoms with Crippen molar-refractivity contribution >= 4 is 5.91 Å². The minimum absolute atomic E-state index is 0.00439. The second-order valence-electron chi connectivity index (χ2n) is 7.82. The molecule has 1 saturated heterocycles. The van der Waals surface area contributed by atoms with Crippen LogP contribution in [0.1, 0.15) is 27.0 Å². The van der Waals surface area contributed by atoms with Crippen molar-refractivity contribution in [2.24, 2.45) is 0 Å². The summed E-state index contributed by atoms with van der Waals surface area (Å²) in [5.74, 6) is 0.327. The van der Waals surface area contributed by atoms with E-state index in [0.717, 1.165) is 30.8 Å². The molecule has 0 saturated carbocycles. The molecule has 0 atom stereocenters. The fourth-order valence-electron chi connectivity index (χ4n) is 3.70. The Balaban J connectivity index is 1.30. The maximum Gasteiger partial charge on any atom is 0.254 e. The fourth-order valence-corrected chi connectivity index (χ4v) is 3.70. The van der Waals surface area contributed by atoms with Gasteiger partial charge in [0.25, 0.3) is 5.91 Å². The number of carbonyl (C=O) groups excluding carboxylic acids is 1. The van der Waals surface area contributed by atoms with Crippen LogP contribution in [-0.2, 0) is 13.2 Å². The second-order valence-corrected chi connectivity index (χ2v) is 7.82. The van der Waals surface area contributed by atoms with E-state index in [1.54, 1.807) is 24.3 Å². The zero-order valence-corrected chi connectivity index (χ0v) is 17.7. The normalized spacial score (nSPS) is 14.1. The van der Waals surface area contributed by atoms with Crippen LogP contribution in [0.25, 0.3) is 0 Å². The van der Waals surface area contributed by atoms with E-state index in [9.17, 15) is 9.18 Å². The predicted octanol–water partition coefficient (Wildman–Crippen LogP) is 4.23. The van der Waals surface area contributed by atoms with Gasteiger partial charge in [-0.3, -0.25) is 9.69 Å². The average molecular weight is 429 g/mol. The quantitative estimate of drug-likeness (QED) is 0.588. The second kappa shape index (κ2) is 10.1. The maximum absolute atomic E-state index is 13.0. The van der Waals surface area contributed by atoms with Crippen molar-refractivity contribution in [3.05, 3.63) is 101 Å². The molecule has 1 fully saturated rings. The zero-order chi connectivity index (χ0) is 22.3. The van der Waals surface area contributed by atoms with Gasteiger partial charge in [-0.15, -0.1) is 0 Å². The molecule has 4 rings (SSSR count). The van der Waals surface area contributed by atoms with E-state index in [4.69, 9.17) is 10.00 Å². The highest BCUT2D eigenvalue weighted by atomic mass is 19.1. The molecule has 1 heterocycles. The van der Waals surface area contributed by atoms with E-state index in [-0.39, 0.29) is 11.7 Å². The maximum atomic E-state index is 13.0. The van der Waals surface area contributed by atoms with Gasteiger partial charge in [0.15, 0.2) is 0 Å². The van der Waals surface area contributed by atoms with Crippen LogP contribution in [0.5, 0.6) is 5.75 Å². The molecular formula is C26H24FN3O2. The van der Waals surface area contributed by atoms with Gasteiger partial charge in [0.1, 0.15) is 18.2 Å². The molecule has 0 unspecified atom stereocenters. The molecular weight excluding hydrogens is 405 g/mol. The molecule has 1 aliphatic rings. The molecule has 3 aromatic rings. The van der Waals surface area contributed by atoms with Crippen molar-refractivity contribution in [3.63, 3.8) is 0 Å². The number of ether oxygens (including phenoxy) is 1. The van der Waals surface area contributed by atoms with Crippen LogP contribution in [0.3, 0.4) is 0 Å². The Morgan fingerprint density at radius 3 is 2.31 bits per heavy atom. The molecule has 5 nitrogen and oxygen atoms in total. The van der Waals surface area contributed by atoms with E-state index in [1.165, 1.54) is 12.1 Å².